The van der Waals surface area contributed by atoms with Crippen molar-refractivity contribution in [2.24, 2.45) is 0 Å². The van der Waals surface area contributed by atoms with E-state index in [-0.39, 0.29) is 16.7 Å². The second kappa shape index (κ2) is 8.08. The molecule has 2 aromatic carbocycles. The molecule has 2 nitrogen and oxygen atoms in total. The topological polar surface area (TPSA) is 20.3 Å². The minimum atomic E-state index is -0.0117. The molecule has 1 aliphatic heterocycles. The van der Waals surface area contributed by atoms with Crippen LogP contribution in [0.4, 0.5) is 0 Å². The Morgan fingerprint density at radius 3 is 2.00 bits per heavy atom. The number of benzene rings is 2. The number of hydrogen-bond donors (Lipinski definition) is 0. The number of nitrogens with zero attached hydrogens (tertiary/aromatic N) is 1. The highest BCUT2D eigenvalue weighted by Gasteiger charge is 2.32. The molecule has 0 N–H and O–H groups in total. The molecule has 1 amide bonds. The maximum Gasteiger partial charge on any atom is 0.266 e. The first-order chi connectivity index (χ1) is 13.4. The van der Waals surface area contributed by atoms with Crippen molar-refractivity contribution in [2.45, 2.75) is 58.9 Å². The van der Waals surface area contributed by atoms with Gasteiger partial charge in [0.05, 0.1) is 11.4 Å². The summed E-state index contributed by atoms with van der Waals surface area (Å²) in [6.45, 7) is 13.8. The molecular formula is C25H29NOS2. The van der Waals surface area contributed by atoms with Gasteiger partial charge in [0.25, 0.3) is 5.91 Å². The molecule has 0 atom stereocenters. The Hall–Kier alpha value is -1.91. The monoisotopic (exact) mass is 423 g/mol. The number of thioether (sulfide) groups is 1. The quantitative estimate of drug-likeness (QED) is 0.405. The lowest BCUT2D eigenvalue weighted by atomic mass is 9.79. The summed E-state index contributed by atoms with van der Waals surface area (Å²) in [5.74, 6) is -0.0117. The number of carbonyl (C=O) groups excluding carboxylic acids is 1. The molecule has 0 spiro atoms. The van der Waals surface area contributed by atoms with Crippen LogP contribution in [0.25, 0.3) is 6.08 Å². The summed E-state index contributed by atoms with van der Waals surface area (Å²) < 4.78 is 0.619. The van der Waals surface area contributed by atoms with E-state index in [0.29, 0.717) is 15.8 Å². The van der Waals surface area contributed by atoms with Gasteiger partial charge in [-0.1, -0.05) is 114 Å². The molecule has 1 saturated heterocycles. The van der Waals surface area contributed by atoms with Gasteiger partial charge in [-0.15, -0.1) is 0 Å². The zero-order valence-electron chi connectivity index (χ0n) is 18.1. The van der Waals surface area contributed by atoms with E-state index in [4.69, 9.17) is 12.2 Å². The van der Waals surface area contributed by atoms with Crippen molar-refractivity contribution in [3.63, 3.8) is 0 Å². The van der Waals surface area contributed by atoms with Crippen molar-refractivity contribution in [3.8, 4) is 0 Å². The van der Waals surface area contributed by atoms with Crippen molar-refractivity contribution in [2.75, 3.05) is 0 Å². The Bertz CT molecular complexity index is 930. The maximum atomic E-state index is 13.0. The molecule has 29 heavy (non-hydrogen) atoms. The third kappa shape index (κ3) is 5.18. The molecule has 152 valence electrons. The number of thiocarbonyl (C=S) groups is 1. The molecule has 4 heteroatoms. The first-order valence-corrected chi connectivity index (χ1v) is 11.1. The van der Waals surface area contributed by atoms with Gasteiger partial charge in [-0.3, -0.25) is 9.69 Å². The Kier molecular flexibility index (Phi) is 6.07. The summed E-state index contributed by atoms with van der Waals surface area (Å²) in [4.78, 5) is 15.4. The van der Waals surface area contributed by atoms with Crippen molar-refractivity contribution >= 4 is 40.3 Å². The molecule has 0 bridgehead atoms. The van der Waals surface area contributed by atoms with Gasteiger partial charge >= 0.3 is 0 Å². The van der Waals surface area contributed by atoms with Gasteiger partial charge in [-0.2, -0.15) is 0 Å². The van der Waals surface area contributed by atoms with Crippen molar-refractivity contribution in [3.05, 3.63) is 75.7 Å². The summed E-state index contributed by atoms with van der Waals surface area (Å²) in [6, 6.07) is 16.7. The van der Waals surface area contributed by atoms with Crippen LogP contribution in [0.2, 0.25) is 0 Å². The third-order valence-corrected chi connectivity index (χ3v) is 6.42. The number of hydrogen-bond acceptors (Lipinski definition) is 3. The zero-order chi connectivity index (χ0) is 21.4. The molecule has 1 aliphatic rings. The van der Waals surface area contributed by atoms with Gasteiger partial charge in [-0.05, 0) is 39.2 Å². The highest BCUT2D eigenvalue weighted by molar-refractivity contribution is 8.26. The van der Waals surface area contributed by atoms with Crippen molar-refractivity contribution < 1.29 is 4.79 Å². The fraction of sp³-hybridized carbons (Fsp3) is 0.360. The van der Waals surface area contributed by atoms with Crippen molar-refractivity contribution in [1.29, 1.82) is 0 Å². The molecule has 3 rings (SSSR count). The van der Waals surface area contributed by atoms with E-state index in [1.165, 1.54) is 22.9 Å². The highest BCUT2D eigenvalue weighted by Crippen LogP contribution is 2.36. The molecule has 0 saturated carbocycles. The Morgan fingerprint density at radius 2 is 1.48 bits per heavy atom. The van der Waals surface area contributed by atoms with Crippen LogP contribution in [0.5, 0.6) is 0 Å². The SMILES string of the molecule is CC(C)(C)c1cc(/C=C2\SC(=S)N(Cc3ccccc3)C2=O)cc(C(C)(C)C)c1. The highest BCUT2D eigenvalue weighted by atomic mass is 32.2. The fourth-order valence-electron chi connectivity index (χ4n) is 3.15. The number of carbonyl (C=O) groups is 1. The summed E-state index contributed by atoms with van der Waals surface area (Å²) in [6.07, 6.45) is 1.99. The van der Waals surface area contributed by atoms with E-state index in [1.54, 1.807) is 4.90 Å². The van der Waals surface area contributed by atoms with Crippen LogP contribution in [0.1, 0.15) is 63.8 Å². The van der Waals surface area contributed by atoms with Crippen LogP contribution >= 0.6 is 24.0 Å². The van der Waals surface area contributed by atoms with Gasteiger partial charge in [0, 0.05) is 0 Å². The molecule has 0 unspecified atom stereocenters. The smallest absolute Gasteiger partial charge is 0.266 e. The van der Waals surface area contributed by atoms with E-state index < -0.39 is 0 Å². The largest absolute Gasteiger partial charge is 0.288 e. The van der Waals surface area contributed by atoms with Crippen LogP contribution < -0.4 is 0 Å². The van der Waals surface area contributed by atoms with Gasteiger partial charge in [0.1, 0.15) is 4.32 Å². The average Bonchev–Trinajstić information content (AvgIpc) is 2.88. The molecule has 2 aromatic rings. The summed E-state index contributed by atoms with van der Waals surface area (Å²) in [5.41, 5.74) is 4.76. The molecule has 0 aromatic heterocycles. The van der Waals surface area contributed by atoms with Crippen LogP contribution in [0.15, 0.2) is 53.4 Å². The second-order valence-corrected chi connectivity index (χ2v) is 11.3. The maximum absolute atomic E-state index is 13.0. The predicted octanol–water partition coefficient (Wildman–Crippen LogP) is 6.68. The van der Waals surface area contributed by atoms with Gasteiger partial charge in [0.2, 0.25) is 0 Å². The lowest BCUT2D eigenvalue weighted by molar-refractivity contribution is -0.122. The molecule has 0 radical (unpaired) electrons. The summed E-state index contributed by atoms with van der Waals surface area (Å²) in [7, 11) is 0. The van der Waals surface area contributed by atoms with Crippen LogP contribution in [0, 0.1) is 0 Å². The van der Waals surface area contributed by atoms with E-state index in [2.05, 4.69) is 59.7 Å². The number of rotatable bonds is 3. The minimum absolute atomic E-state index is 0.0117. The summed E-state index contributed by atoms with van der Waals surface area (Å²) >= 11 is 6.90. The number of amides is 1. The van der Waals surface area contributed by atoms with Gasteiger partial charge in [-0.25, -0.2) is 0 Å². The predicted molar refractivity (Wildman–Crippen MR) is 129 cm³/mol. The van der Waals surface area contributed by atoms with E-state index in [9.17, 15) is 4.79 Å². The normalized spacial score (nSPS) is 16.8. The molecule has 0 aliphatic carbocycles. The standard InChI is InChI=1S/C25H29NOS2/c1-24(2,3)19-12-18(13-20(15-19)25(4,5)6)14-21-22(27)26(23(28)29-21)16-17-10-8-7-9-11-17/h7-15H,16H2,1-6H3/b21-14-. The lowest BCUT2D eigenvalue weighted by Crippen LogP contribution is -2.27. The molecular weight excluding hydrogens is 394 g/mol. The molecule has 1 fully saturated rings. The van der Waals surface area contributed by atoms with E-state index in [0.717, 1.165) is 11.1 Å². The second-order valence-electron chi connectivity index (χ2n) is 9.60. The lowest BCUT2D eigenvalue weighted by Gasteiger charge is -2.25. The van der Waals surface area contributed by atoms with Crippen LogP contribution in [0.3, 0.4) is 0 Å². The third-order valence-electron chi connectivity index (χ3n) is 5.04. The summed E-state index contributed by atoms with van der Waals surface area (Å²) in [5, 5.41) is 0. The average molecular weight is 424 g/mol. The minimum Gasteiger partial charge on any atom is -0.288 e. The first kappa shape index (κ1) is 21.8. The Morgan fingerprint density at radius 1 is 0.931 bits per heavy atom. The van der Waals surface area contributed by atoms with Crippen LogP contribution in [-0.4, -0.2) is 15.1 Å². The van der Waals surface area contributed by atoms with E-state index in [1.807, 2.05) is 36.4 Å². The van der Waals surface area contributed by atoms with Gasteiger partial charge in [0.15, 0.2) is 0 Å². The zero-order valence-corrected chi connectivity index (χ0v) is 19.7. The Labute approximate surface area is 184 Å². The molecule has 1 heterocycles. The van der Waals surface area contributed by atoms with Gasteiger partial charge < -0.3 is 0 Å². The fourth-order valence-corrected chi connectivity index (χ4v) is 4.41. The first-order valence-electron chi connectivity index (χ1n) is 9.90. The van der Waals surface area contributed by atoms with Crippen LogP contribution in [-0.2, 0) is 22.2 Å². The van der Waals surface area contributed by atoms with E-state index >= 15 is 0 Å². The Balaban J connectivity index is 1.95. The van der Waals surface area contributed by atoms with Crippen molar-refractivity contribution in [1.82, 2.24) is 4.90 Å².